The zero-order chi connectivity index (χ0) is 19.3. The quantitative estimate of drug-likeness (QED) is 0.423. The maximum Gasteiger partial charge on any atom is 0.305 e. The first-order chi connectivity index (χ1) is 13.2. The van der Waals surface area contributed by atoms with Crippen LogP contribution in [0.5, 0.6) is 11.5 Å². The van der Waals surface area contributed by atoms with Gasteiger partial charge >= 0.3 is 5.79 Å². The van der Waals surface area contributed by atoms with Crippen LogP contribution in [-0.2, 0) is 5.79 Å². The standard InChI is InChI=1S/C21H15ClO3.C2H6/c22-14-18(23)15-11-12-19-20(13-15)25-21(24-19,16-7-3-1-4-8-16)17-9-5-2-6-10-17;1-2/h1-13H,14H2;1-2H3. The molecule has 4 rings (SSSR count). The lowest BCUT2D eigenvalue weighted by molar-refractivity contribution is -0.0459. The van der Waals surface area contributed by atoms with Crippen molar-refractivity contribution in [2.45, 2.75) is 19.6 Å². The van der Waals surface area contributed by atoms with E-state index in [-0.39, 0.29) is 11.7 Å². The number of rotatable bonds is 4. The van der Waals surface area contributed by atoms with Gasteiger partial charge in [0.1, 0.15) is 0 Å². The highest BCUT2D eigenvalue weighted by atomic mass is 35.5. The molecule has 0 aliphatic carbocycles. The predicted molar refractivity (Wildman–Crippen MR) is 108 cm³/mol. The van der Waals surface area contributed by atoms with Crippen molar-refractivity contribution in [3.05, 3.63) is 95.6 Å². The summed E-state index contributed by atoms with van der Waals surface area (Å²) in [4.78, 5) is 11.9. The van der Waals surface area contributed by atoms with Gasteiger partial charge in [0.05, 0.1) is 5.88 Å². The van der Waals surface area contributed by atoms with E-state index in [9.17, 15) is 4.79 Å². The minimum atomic E-state index is -1.08. The molecule has 0 saturated carbocycles. The molecule has 0 radical (unpaired) electrons. The third-order valence-corrected chi connectivity index (χ3v) is 4.44. The molecule has 3 nitrogen and oxygen atoms in total. The maximum atomic E-state index is 11.9. The molecule has 0 unspecified atom stereocenters. The Bertz CT molecular complexity index is 868. The Balaban J connectivity index is 0.00000102. The van der Waals surface area contributed by atoms with Crippen molar-refractivity contribution in [3.8, 4) is 11.5 Å². The van der Waals surface area contributed by atoms with Crippen LogP contribution in [0.25, 0.3) is 0 Å². The van der Waals surface area contributed by atoms with Crippen LogP contribution < -0.4 is 9.47 Å². The summed E-state index contributed by atoms with van der Waals surface area (Å²) in [7, 11) is 0. The van der Waals surface area contributed by atoms with E-state index in [4.69, 9.17) is 21.1 Å². The van der Waals surface area contributed by atoms with Crippen LogP contribution in [0, 0.1) is 0 Å². The van der Waals surface area contributed by atoms with Crippen LogP contribution in [0.4, 0.5) is 0 Å². The van der Waals surface area contributed by atoms with Gasteiger partial charge in [0.15, 0.2) is 17.3 Å². The van der Waals surface area contributed by atoms with E-state index in [1.54, 1.807) is 18.2 Å². The molecular weight excluding hydrogens is 360 g/mol. The number of benzene rings is 3. The lowest BCUT2D eigenvalue weighted by Gasteiger charge is -2.28. The van der Waals surface area contributed by atoms with E-state index in [2.05, 4.69) is 0 Å². The van der Waals surface area contributed by atoms with Crippen LogP contribution in [0.3, 0.4) is 0 Å². The Hall–Kier alpha value is -2.78. The van der Waals surface area contributed by atoms with Crippen LogP contribution >= 0.6 is 11.6 Å². The average molecular weight is 381 g/mol. The summed E-state index contributed by atoms with van der Waals surface area (Å²) in [5, 5.41) is 0. The zero-order valence-corrected chi connectivity index (χ0v) is 16.1. The van der Waals surface area contributed by atoms with Gasteiger partial charge < -0.3 is 9.47 Å². The molecule has 3 aromatic carbocycles. The lowest BCUT2D eigenvalue weighted by Crippen LogP contribution is -2.36. The van der Waals surface area contributed by atoms with E-state index in [1.165, 1.54) is 0 Å². The zero-order valence-electron chi connectivity index (χ0n) is 15.3. The van der Waals surface area contributed by atoms with Gasteiger partial charge in [-0.25, -0.2) is 0 Å². The highest BCUT2D eigenvalue weighted by Crippen LogP contribution is 2.47. The Morgan fingerprint density at radius 2 is 1.33 bits per heavy atom. The molecule has 4 heteroatoms. The topological polar surface area (TPSA) is 35.5 Å². The molecule has 0 saturated heterocycles. The largest absolute Gasteiger partial charge is 0.440 e. The summed E-state index contributed by atoms with van der Waals surface area (Å²) in [5.41, 5.74) is 2.26. The Kier molecular flexibility index (Phi) is 5.82. The molecule has 138 valence electrons. The van der Waals surface area contributed by atoms with E-state index < -0.39 is 5.79 Å². The number of ketones is 1. The third kappa shape index (κ3) is 3.56. The number of Topliss-reactive ketones (excluding diaryl/α,β-unsaturated/α-hetero) is 1. The second kappa shape index (κ2) is 8.28. The van der Waals surface area contributed by atoms with Gasteiger partial charge in [-0.2, -0.15) is 0 Å². The molecule has 3 aromatic rings. The molecule has 0 spiro atoms. The Morgan fingerprint density at radius 1 is 0.815 bits per heavy atom. The molecule has 0 bridgehead atoms. The molecule has 0 atom stereocenters. The summed E-state index contributed by atoms with van der Waals surface area (Å²) in [6.07, 6.45) is 0. The van der Waals surface area contributed by atoms with Gasteiger partial charge in [0.25, 0.3) is 0 Å². The minimum Gasteiger partial charge on any atom is -0.440 e. The number of ether oxygens (including phenoxy) is 2. The fraction of sp³-hybridized carbons (Fsp3) is 0.174. The van der Waals surface area contributed by atoms with E-state index in [0.29, 0.717) is 17.1 Å². The number of carbonyl (C=O) groups excluding carboxylic acids is 1. The first-order valence-electron chi connectivity index (χ1n) is 8.95. The second-order valence-electron chi connectivity index (χ2n) is 5.77. The number of alkyl halides is 1. The fourth-order valence-electron chi connectivity index (χ4n) is 2.97. The molecule has 0 amide bonds. The number of hydrogen-bond acceptors (Lipinski definition) is 3. The SMILES string of the molecule is CC.O=C(CCl)c1ccc2c(c1)OC(c1ccccc1)(c1ccccc1)O2. The van der Waals surface area contributed by atoms with Crippen molar-refractivity contribution in [2.24, 2.45) is 0 Å². The first-order valence-corrected chi connectivity index (χ1v) is 9.49. The van der Waals surface area contributed by atoms with Crippen LogP contribution in [0.1, 0.15) is 35.3 Å². The van der Waals surface area contributed by atoms with Gasteiger partial charge in [0.2, 0.25) is 0 Å². The van der Waals surface area contributed by atoms with E-state index >= 15 is 0 Å². The lowest BCUT2D eigenvalue weighted by atomic mass is 9.97. The van der Waals surface area contributed by atoms with Gasteiger partial charge in [-0.15, -0.1) is 11.6 Å². The second-order valence-corrected chi connectivity index (χ2v) is 6.04. The van der Waals surface area contributed by atoms with Gasteiger partial charge in [-0.3, -0.25) is 4.79 Å². The molecule has 0 N–H and O–H groups in total. The summed E-state index contributed by atoms with van der Waals surface area (Å²) in [6.45, 7) is 4.00. The normalized spacial score (nSPS) is 13.4. The average Bonchev–Trinajstić information content (AvgIpc) is 3.16. The van der Waals surface area contributed by atoms with E-state index in [0.717, 1.165) is 11.1 Å². The molecular formula is C23H21ClO3. The Labute approximate surface area is 164 Å². The molecule has 1 aliphatic heterocycles. The molecule has 1 heterocycles. The van der Waals surface area contributed by atoms with Crippen LogP contribution in [-0.4, -0.2) is 11.7 Å². The highest BCUT2D eigenvalue weighted by molar-refractivity contribution is 6.30. The maximum absolute atomic E-state index is 11.9. The Morgan fingerprint density at radius 3 is 1.85 bits per heavy atom. The molecule has 0 fully saturated rings. The first kappa shape index (κ1) is 19.0. The van der Waals surface area contributed by atoms with Gasteiger partial charge in [0, 0.05) is 16.7 Å². The summed E-state index contributed by atoms with van der Waals surface area (Å²) >= 11 is 5.66. The molecule has 0 aromatic heterocycles. The molecule has 27 heavy (non-hydrogen) atoms. The monoisotopic (exact) mass is 380 g/mol. The van der Waals surface area contributed by atoms with Crippen LogP contribution in [0.2, 0.25) is 0 Å². The summed E-state index contributed by atoms with van der Waals surface area (Å²) in [6, 6.07) is 24.7. The number of halogens is 1. The number of hydrogen-bond donors (Lipinski definition) is 0. The highest BCUT2D eigenvalue weighted by Gasteiger charge is 2.45. The van der Waals surface area contributed by atoms with Crippen molar-refractivity contribution in [3.63, 3.8) is 0 Å². The van der Waals surface area contributed by atoms with Crippen LogP contribution in [0.15, 0.2) is 78.9 Å². The van der Waals surface area contributed by atoms with Crippen molar-refractivity contribution in [2.75, 3.05) is 5.88 Å². The molecule has 1 aliphatic rings. The predicted octanol–water partition coefficient (Wildman–Crippen LogP) is 5.81. The van der Waals surface area contributed by atoms with Crippen molar-refractivity contribution < 1.29 is 14.3 Å². The van der Waals surface area contributed by atoms with Crippen molar-refractivity contribution in [1.29, 1.82) is 0 Å². The fourth-order valence-corrected chi connectivity index (χ4v) is 3.13. The van der Waals surface area contributed by atoms with Crippen molar-refractivity contribution >= 4 is 17.4 Å². The van der Waals surface area contributed by atoms with E-state index in [1.807, 2.05) is 74.5 Å². The van der Waals surface area contributed by atoms with Gasteiger partial charge in [-0.05, 0) is 18.2 Å². The summed E-state index contributed by atoms with van der Waals surface area (Å²) < 4.78 is 12.6. The van der Waals surface area contributed by atoms with Gasteiger partial charge in [-0.1, -0.05) is 74.5 Å². The summed E-state index contributed by atoms with van der Waals surface area (Å²) in [5.74, 6) is -0.164. The van der Waals surface area contributed by atoms with Crippen molar-refractivity contribution in [1.82, 2.24) is 0 Å². The minimum absolute atomic E-state index is 0.0673. The number of carbonyl (C=O) groups is 1. The third-order valence-electron chi connectivity index (χ3n) is 4.20. The number of fused-ring (bicyclic) bond motifs is 1. The smallest absolute Gasteiger partial charge is 0.305 e.